The minimum atomic E-state index is -0.632. The highest BCUT2D eigenvalue weighted by Gasteiger charge is 2.42. The Bertz CT molecular complexity index is 580. The number of hydrogen-bond donors (Lipinski definition) is 1. The number of amides is 2. The number of benzene rings is 1. The number of nitrogens with one attached hydrogen (secondary N) is 1. The van der Waals surface area contributed by atoms with Gasteiger partial charge in [0.05, 0.1) is 12.0 Å². The smallest absolute Gasteiger partial charge is 0.408 e. The first-order chi connectivity index (χ1) is 10.1. The van der Waals surface area contributed by atoms with Crippen LogP contribution in [0.4, 0.5) is 10.5 Å². The van der Waals surface area contributed by atoms with Gasteiger partial charge in [0, 0.05) is 16.7 Å². The van der Waals surface area contributed by atoms with Crippen LogP contribution in [0, 0.1) is 0 Å². The average molecular weight is 369 g/mol. The van der Waals surface area contributed by atoms with Crippen molar-refractivity contribution in [3.63, 3.8) is 0 Å². The van der Waals surface area contributed by atoms with Crippen molar-refractivity contribution >= 4 is 33.6 Å². The lowest BCUT2D eigenvalue weighted by molar-refractivity contribution is -0.117. The van der Waals surface area contributed by atoms with Gasteiger partial charge in [0.1, 0.15) is 5.60 Å². The molecule has 120 valence electrons. The first kappa shape index (κ1) is 16.8. The van der Waals surface area contributed by atoms with Gasteiger partial charge in [-0.2, -0.15) is 0 Å². The predicted molar refractivity (Wildman–Crippen MR) is 88.9 cm³/mol. The number of nitrogens with zero attached hydrogens (tertiary/aromatic N) is 1. The summed E-state index contributed by atoms with van der Waals surface area (Å²) in [4.78, 5) is 25.9. The van der Waals surface area contributed by atoms with Gasteiger partial charge in [0.2, 0.25) is 5.91 Å². The lowest BCUT2D eigenvalue weighted by atomic mass is 10.0. The molecule has 5 nitrogen and oxygen atoms in total. The number of rotatable bonds is 2. The molecule has 0 saturated carbocycles. The Hall–Kier alpha value is -1.56. The number of halogens is 1. The monoisotopic (exact) mass is 368 g/mol. The summed E-state index contributed by atoms with van der Waals surface area (Å²) in [6.45, 7) is 7.70. The van der Waals surface area contributed by atoms with Gasteiger partial charge in [-0.1, -0.05) is 15.9 Å². The van der Waals surface area contributed by atoms with Crippen LogP contribution in [0.3, 0.4) is 0 Å². The fraction of sp³-hybridized carbons (Fsp3) is 0.500. The summed E-state index contributed by atoms with van der Waals surface area (Å²) in [5.41, 5.74) is -0.371. The average Bonchev–Trinajstić information content (AvgIpc) is 2.62. The molecule has 22 heavy (non-hydrogen) atoms. The highest BCUT2D eigenvalue weighted by atomic mass is 79.9. The molecule has 1 aliphatic rings. The summed E-state index contributed by atoms with van der Waals surface area (Å²) in [7, 11) is 0. The second kappa shape index (κ2) is 5.91. The summed E-state index contributed by atoms with van der Waals surface area (Å²) >= 11 is 3.38. The van der Waals surface area contributed by atoms with Crippen molar-refractivity contribution in [3.05, 3.63) is 28.7 Å². The van der Waals surface area contributed by atoms with Crippen LogP contribution in [-0.4, -0.2) is 29.7 Å². The van der Waals surface area contributed by atoms with Crippen LogP contribution in [0.5, 0.6) is 0 Å². The molecule has 0 bridgehead atoms. The third-order valence-corrected chi connectivity index (χ3v) is 3.82. The van der Waals surface area contributed by atoms with Crippen molar-refractivity contribution in [3.8, 4) is 0 Å². The fourth-order valence-corrected chi connectivity index (χ4v) is 2.68. The number of carbonyl (C=O) groups excluding carboxylic acids is 2. The number of hydrogen-bond acceptors (Lipinski definition) is 3. The Morgan fingerprint density at radius 2 is 1.91 bits per heavy atom. The molecule has 2 rings (SSSR count). The van der Waals surface area contributed by atoms with Crippen LogP contribution >= 0.6 is 15.9 Å². The molecule has 6 heteroatoms. The molecule has 2 amide bonds. The van der Waals surface area contributed by atoms with Crippen molar-refractivity contribution in [2.45, 2.75) is 45.3 Å². The van der Waals surface area contributed by atoms with E-state index in [-0.39, 0.29) is 12.3 Å². The Kier molecular flexibility index (Phi) is 4.52. The standard InChI is InChI=1S/C16H21BrN2O3/c1-15(2,3)22-14(21)18-16(4)9-13(20)19(10-16)12-7-5-11(17)6-8-12/h5-8H,9-10H2,1-4H3,(H,18,21). The van der Waals surface area contributed by atoms with Gasteiger partial charge in [-0.15, -0.1) is 0 Å². The summed E-state index contributed by atoms with van der Waals surface area (Å²) in [6.07, 6.45) is -0.247. The molecule has 1 N–H and O–H groups in total. The van der Waals surface area contributed by atoms with E-state index >= 15 is 0 Å². The zero-order valence-electron chi connectivity index (χ0n) is 13.3. The van der Waals surface area contributed by atoms with Crippen LogP contribution in [0.2, 0.25) is 0 Å². The predicted octanol–water partition coefficient (Wildman–Crippen LogP) is 3.47. The van der Waals surface area contributed by atoms with Gasteiger partial charge in [0.25, 0.3) is 0 Å². The molecule has 1 fully saturated rings. The maximum Gasteiger partial charge on any atom is 0.408 e. The second-order valence-electron chi connectivity index (χ2n) is 6.82. The number of ether oxygens (including phenoxy) is 1. The van der Waals surface area contributed by atoms with Gasteiger partial charge in [-0.05, 0) is 52.0 Å². The highest BCUT2D eigenvalue weighted by molar-refractivity contribution is 9.10. The van der Waals surface area contributed by atoms with Crippen molar-refractivity contribution < 1.29 is 14.3 Å². The van der Waals surface area contributed by atoms with Crippen molar-refractivity contribution in [1.29, 1.82) is 0 Å². The van der Waals surface area contributed by atoms with Crippen LogP contribution in [0.25, 0.3) is 0 Å². The number of alkyl carbamates (subject to hydrolysis) is 1. The van der Waals surface area contributed by atoms with E-state index in [4.69, 9.17) is 4.74 Å². The van der Waals surface area contributed by atoms with Crippen molar-refractivity contribution in [2.75, 3.05) is 11.4 Å². The first-order valence-corrected chi connectivity index (χ1v) is 7.94. The van der Waals surface area contributed by atoms with Gasteiger partial charge < -0.3 is 15.0 Å². The molecule has 1 heterocycles. The Balaban J connectivity index is 2.07. The minimum absolute atomic E-state index is 0.0131. The summed E-state index contributed by atoms with van der Waals surface area (Å²) in [5, 5.41) is 2.82. The largest absolute Gasteiger partial charge is 0.444 e. The highest BCUT2D eigenvalue weighted by Crippen LogP contribution is 2.29. The summed E-state index contributed by atoms with van der Waals surface area (Å²) in [6, 6.07) is 7.53. The number of carbonyl (C=O) groups is 2. The minimum Gasteiger partial charge on any atom is -0.444 e. The van der Waals surface area contributed by atoms with Crippen LogP contribution < -0.4 is 10.2 Å². The lowest BCUT2D eigenvalue weighted by Gasteiger charge is -2.28. The SMILES string of the molecule is CC1(NC(=O)OC(C)(C)C)CC(=O)N(c2ccc(Br)cc2)C1. The van der Waals surface area contributed by atoms with Gasteiger partial charge in [0.15, 0.2) is 0 Å². The Morgan fingerprint density at radius 3 is 2.45 bits per heavy atom. The zero-order chi connectivity index (χ0) is 16.5. The van der Waals surface area contributed by atoms with Gasteiger partial charge in [-0.25, -0.2) is 4.79 Å². The summed E-state index contributed by atoms with van der Waals surface area (Å²) in [5.74, 6) is -0.0131. The van der Waals surface area contributed by atoms with E-state index in [0.717, 1.165) is 10.2 Å². The van der Waals surface area contributed by atoms with Crippen LogP contribution in [-0.2, 0) is 9.53 Å². The number of anilines is 1. The Morgan fingerprint density at radius 1 is 1.32 bits per heavy atom. The van der Waals surface area contributed by atoms with E-state index in [0.29, 0.717) is 6.54 Å². The maximum absolute atomic E-state index is 12.3. The topological polar surface area (TPSA) is 58.6 Å². The van der Waals surface area contributed by atoms with Gasteiger partial charge in [-0.3, -0.25) is 4.79 Å². The molecule has 1 aromatic carbocycles. The molecule has 1 unspecified atom stereocenters. The van der Waals surface area contributed by atoms with Crippen LogP contribution in [0.15, 0.2) is 28.7 Å². The fourth-order valence-electron chi connectivity index (χ4n) is 2.41. The molecule has 0 radical (unpaired) electrons. The zero-order valence-corrected chi connectivity index (χ0v) is 14.9. The molecule has 1 saturated heterocycles. The second-order valence-corrected chi connectivity index (χ2v) is 7.74. The van der Waals surface area contributed by atoms with E-state index in [1.807, 2.05) is 52.0 Å². The normalized spacial score (nSPS) is 21.9. The van der Waals surface area contributed by atoms with Crippen LogP contribution in [0.1, 0.15) is 34.1 Å². The van der Waals surface area contributed by atoms with E-state index in [1.165, 1.54) is 0 Å². The third kappa shape index (κ3) is 4.22. The van der Waals surface area contributed by atoms with E-state index in [2.05, 4.69) is 21.2 Å². The molecule has 0 aromatic heterocycles. The van der Waals surface area contributed by atoms with Gasteiger partial charge >= 0.3 is 6.09 Å². The van der Waals surface area contributed by atoms with E-state index < -0.39 is 17.2 Å². The van der Waals surface area contributed by atoms with Crippen molar-refractivity contribution in [1.82, 2.24) is 5.32 Å². The quantitative estimate of drug-likeness (QED) is 0.869. The molecular weight excluding hydrogens is 348 g/mol. The lowest BCUT2D eigenvalue weighted by Crippen LogP contribution is -2.49. The molecule has 0 spiro atoms. The Labute approximate surface area is 139 Å². The molecule has 0 aliphatic carbocycles. The molecule has 1 atom stereocenters. The van der Waals surface area contributed by atoms with E-state index in [1.54, 1.807) is 4.90 Å². The molecule has 1 aromatic rings. The summed E-state index contributed by atoms with van der Waals surface area (Å²) < 4.78 is 6.23. The first-order valence-electron chi connectivity index (χ1n) is 7.15. The van der Waals surface area contributed by atoms with E-state index in [9.17, 15) is 9.59 Å². The molecular formula is C16H21BrN2O3. The molecule has 1 aliphatic heterocycles. The maximum atomic E-state index is 12.3. The third-order valence-electron chi connectivity index (χ3n) is 3.29. The van der Waals surface area contributed by atoms with Crippen molar-refractivity contribution in [2.24, 2.45) is 0 Å².